The average Bonchev–Trinajstić information content (AvgIpc) is 2.97. The summed E-state index contributed by atoms with van der Waals surface area (Å²) in [4.78, 5) is 17.3. The number of nitrogens with zero attached hydrogens (tertiary/aromatic N) is 2. The molecule has 0 spiro atoms. The highest BCUT2D eigenvalue weighted by atomic mass is 16.2. The van der Waals surface area contributed by atoms with E-state index >= 15 is 0 Å². The number of benzene rings is 2. The molecular formula is C21H28N2O. The van der Waals surface area contributed by atoms with Gasteiger partial charge < -0.3 is 9.80 Å². The highest BCUT2D eigenvalue weighted by molar-refractivity contribution is 6.12. The number of amides is 1. The van der Waals surface area contributed by atoms with Crippen LogP contribution in [0.2, 0.25) is 0 Å². The Labute approximate surface area is 145 Å². The van der Waals surface area contributed by atoms with Gasteiger partial charge in [0.25, 0.3) is 5.91 Å². The Morgan fingerprint density at radius 1 is 1.17 bits per heavy atom. The maximum absolute atomic E-state index is 12.9. The van der Waals surface area contributed by atoms with Gasteiger partial charge in [0.05, 0.1) is 0 Å². The second kappa shape index (κ2) is 6.84. The molecule has 1 aliphatic heterocycles. The van der Waals surface area contributed by atoms with Crippen LogP contribution in [0.15, 0.2) is 30.3 Å². The van der Waals surface area contributed by atoms with Crippen LogP contribution in [0.3, 0.4) is 0 Å². The third-order valence-electron chi connectivity index (χ3n) is 5.27. The van der Waals surface area contributed by atoms with Crippen molar-refractivity contribution in [2.75, 3.05) is 18.0 Å². The number of carbonyl (C=O) groups is 1. The van der Waals surface area contributed by atoms with Crippen molar-refractivity contribution in [1.82, 2.24) is 4.90 Å². The molecule has 1 amide bonds. The minimum absolute atomic E-state index is 0.142. The Balaban J connectivity index is 2.09. The molecule has 3 nitrogen and oxygen atoms in total. The average molecular weight is 324 g/mol. The van der Waals surface area contributed by atoms with Crippen molar-refractivity contribution in [3.05, 3.63) is 41.5 Å². The molecule has 3 heteroatoms. The number of hydrogen-bond donors (Lipinski definition) is 0. The van der Waals surface area contributed by atoms with Crippen molar-refractivity contribution >= 4 is 22.4 Å². The van der Waals surface area contributed by atoms with E-state index in [9.17, 15) is 4.79 Å². The molecule has 0 radical (unpaired) electrons. The Bertz CT molecular complexity index is 749. The molecule has 3 rings (SSSR count). The molecule has 0 fully saturated rings. The van der Waals surface area contributed by atoms with Crippen molar-refractivity contribution in [3.63, 3.8) is 0 Å². The van der Waals surface area contributed by atoms with Gasteiger partial charge in [0.15, 0.2) is 0 Å². The maximum Gasteiger partial charge on any atom is 0.254 e. The molecular weight excluding hydrogens is 296 g/mol. The van der Waals surface area contributed by atoms with Crippen LogP contribution in [-0.4, -0.2) is 29.9 Å². The van der Waals surface area contributed by atoms with Crippen molar-refractivity contribution in [2.24, 2.45) is 0 Å². The van der Waals surface area contributed by atoms with E-state index in [2.05, 4.69) is 43.0 Å². The fourth-order valence-corrected chi connectivity index (χ4v) is 3.94. The smallest absolute Gasteiger partial charge is 0.254 e. The van der Waals surface area contributed by atoms with Gasteiger partial charge >= 0.3 is 0 Å². The summed E-state index contributed by atoms with van der Waals surface area (Å²) in [5.41, 5.74) is 3.47. The summed E-state index contributed by atoms with van der Waals surface area (Å²) >= 11 is 0. The first kappa shape index (κ1) is 16.8. The monoisotopic (exact) mass is 324 g/mol. The second-order valence-corrected chi connectivity index (χ2v) is 6.71. The van der Waals surface area contributed by atoms with Gasteiger partial charge in [-0.3, -0.25) is 4.79 Å². The molecule has 0 aromatic heterocycles. The fraction of sp³-hybridized carbons (Fsp3) is 0.476. The zero-order valence-electron chi connectivity index (χ0n) is 15.3. The van der Waals surface area contributed by atoms with E-state index in [0.717, 1.165) is 30.6 Å². The van der Waals surface area contributed by atoms with Gasteiger partial charge in [-0.05, 0) is 50.3 Å². The lowest BCUT2D eigenvalue weighted by molar-refractivity contribution is 0.0775. The van der Waals surface area contributed by atoms with Crippen LogP contribution in [0.25, 0.3) is 10.8 Å². The van der Waals surface area contributed by atoms with Crippen molar-refractivity contribution < 1.29 is 4.79 Å². The normalized spacial score (nSPS) is 14.2. The zero-order chi connectivity index (χ0) is 17.3. The van der Waals surface area contributed by atoms with Crippen molar-refractivity contribution in [2.45, 2.75) is 53.1 Å². The lowest BCUT2D eigenvalue weighted by Crippen LogP contribution is -2.31. The molecule has 1 atom stereocenters. The predicted molar refractivity (Wildman–Crippen MR) is 102 cm³/mol. The molecule has 0 bridgehead atoms. The van der Waals surface area contributed by atoms with Gasteiger partial charge in [0.2, 0.25) is 0 Å². The van der Waals surface area contributed by atoms with E-state index in [1.807, 2.05) is 24.8 Å². The van der Waals surface area contributed by atoms with E-state index in [1.165, 1.54) is 29.5 Å². The molecule has 0 N–H and O–H groups in total. The third-order valence-corrected chi connectivity index (χ3v) is 5.27. The standard InChI is InChI=1S/C21H28N2O/c1-5-9-15(4)23-14-16-10-8-11-17-18(12-13-19(23)20(16)17)21(24)22(6-2)7-3/h8,10-13,15H,5-7,9,14H2,1-4H3. The van der Waals surface area contributed by atoms with Crippen LogP contribution in [0, 0.1) is 0 Å². The summed E-state index contributed by atoms with van der Waals surface area (Å²) < 4.78 is 0. The largest absolute Gasteiger partial charge is 0.364 e. The highest BCUT2D eigenvalue weighted by Gasteiger charge is 2.27. The molecule has 0 saturated carbocycles. The number of hydrogen-bond acceptors (Lipinski definition) is 2. The molecule has 128 valence electrons. The van der Waals surface area contributed by atoms with Crippen LogP contribution >= 0.6 is 0 Å². The number of anilines is 1. The quantitative estimate of drug-likeness (QED) is 0.760. The minimum atomic E-state index is 0.142. The van der Waals surface area contributed by atoms with Crippen LogP contribution in [-0.2, 0) is 6.54 Å². The van der Waals surface area contributed by atoms with Crippen molar-refractivity contribution in [3.8, 4) is 0 Å². The summed E-state index contributed by atoms with van der Waals surface area (Å²) in [5.74, 6) is 0.142. The summed E-state index contributed by atoms with van der Waals surface area (Å²) in [6.07, 6.45) is 2.38. The molecule has 2 aromatic carbocycles. The van der Waals surface area contributed by atoms with E-state index in [-0.39, 0.29) is 5.91 Å². The van der Waals surface area contributed by atoms with Gasteiger partial charge in [0, 0.05) is 42.3 Å². The molecule has 1 unspecified atom stereocenters. The molecule has 2 aromatic rings. The number of carbonyl (C=O) groups excluding carboxylic acids is 1. The predicted octanol–water partition coefficient (Wildman–Crippen LogP) is 4.83. The van der Waals surface area contributed by atoms with E-state index < -0.39 is 0 Å². The summed E-state index contributed by atoms with van der Waals surface area (Å²) in [5, 5.41) is 2.38. The van der Waals surface area contributed by atoms with Crippen LogP contribution in [0.4, 0.5) is 5.69 Å². The first-order valence-electron chi connectivity index (χ1n) is 9.22. The molecule has 0 saturated heterocycles. The van der Waals surface area contributed by atoms with Crippen LogP contribution in [0.5, 0.6) is 0 Å². The van der Waals surface area contributed by atoms with Crippen LogP contribution in [0.1, 0.15) is 56.5 Å². The SMILES string of the molecule is CCCC(C)N1Cc2cccc3c(C(=O)N(CC)CC)ccc1c23. The molecule has 0 aliphatic carbocycles. The molecule has 1 aliphatic rings. The van der Waals surface area contributed by atoms with Gasteiger partial charge in [-0.15, -0.1) is 0 Å². The molecule has 1 heterocycles. The topological polar surface area (TPSA) is 23.6 Å². The van der Waals surface area contributed by atoms with Gasteiger partial charge in [0.1, 0.15) is 0 Å². The highest BCUT2D eigenvalue weighted by Crippen LogP contribution is 2.40. The van der Waals surface area contributed by atoms with Gasteiger partial charge in [-0.2, -0.15) is 0 Å². The van der Waals surface area contributed by atoms with Crippen LogP contribution < -0.4 is 4.90 Å². The first-order chi connectivity index (χ1) is 11.6. The third kappa shape index (κ3) is 2.66. The molecule has 24 heavy (non-hydrogen) atoms. The first-order valence-corrected chi connectivity index (χ1v) is 9.22. The van der Waals surface area contributed by atoms with E-state index in [0.29, 0.717) is 6.04 Å². The Morgan fingerprint density at radius 2 is 1.92 bits per heavy atom. The zero-order valence-corrected chi connectivity index (χ0v) is 15.3. The summed E-state index contributed by atoms with van der Waals surface area (Å²) in [6, 6.07) is 11.1. The Hall–Kier alpha value is -2.03. The van der Waals surface area contributed by atoms with E-state index in [4.69, 9.17) is 0 Å². The Morgan fingerprint density at radius 3 is 2.58 bits per heavy atom. The van der Waals surface area contributed by atoms with Gasteiger partial charge in [-0.25, -0.2) is 0 Å². The Kier molecular flexibility index (Phi) is 4.79. The number of rotatable bonds is 6. The van der Waals surface area contributed by atoms with Gasteiger partial charge in [-0.1, -0.05) is 31.5 Å². The maximum atomic E-state index is 12.9. The second-order valence-electron chi connectivity index (χ2n) is 6.71. The fourth-order valence-electron chi connectivity index (χ4n) is 3.94. The van der Waals surface area contributed by atoms with Crippen molar-refractivity contribution in [1.29, 1.82) is 0 Å². The lowest BCUT2D eigenvalue weighted by Gasteiger charge is -2.27. The summed E-state index contributed by atoms with van der Waals surface area (Å²) in [7, 11) is 0. The minimum Gasteiger partial charge on any atom is -0.364 e. The van der Waals surface area contributed by atoms with E-state index in [1.54, 1.807) is 0 Å². The summed E-state index contributed by atoms with van der Waals surface area (Å²) in [6.45, 7) is 11.1. The lowest BCUT2D eigenvalue weighted by atomic mass is 9.99.